The maximum absolute atomic E-state index is 12.1. The summed E-state index contributed by atoms with van der Waals surface area (Å²) in [6.07, 6.45) is 4.27. The number of anilines is 1. The fourth-order valence-corrected chi connectivity index (χ4v) is 2.96. The van der Waals surface area contributed by atoms with Crippen LogP contribution in [-0.4, -0.2) is 46.5 Å². The maximum Gasteiger partial charge on any atom is 0.225 e. The molecule has 3 rings (SSSR count). The molecule has 0 bridgehead atoms. The standard InChI is InChI=1S/C17H23N5O.ClH/c1-21-11-9-19-17(21)15-13-18-8-12-22(15)10-7-16(23)20-14-5-3-2-4-6-14;/h2-6,9,11,15,18H,7-8,10,12-13H2,1H3,(H,20,23);1H. The van der Waals surface area contributed by atoms with Crippen LogP contribution in [0.1, 0.15) is 18.3 Å². The van der Waals surface area contributed by atoms with Crippen molar-refractivity contribution in [1.82, 2.24) is 19.8 Å². The molecule has 2 aromatic rings. The molecule has 0 aliphatic carbocycles. The zero-order valence-electron chi connectivity index (χ0n) is 13.8. The maximum atomic E-state index is 12.1. The van der Waals surface area contributed by atoms with Crippen molar-refractivity contribution in [2.75, 3.05) is 31.5 Å². The molecule has 1 saturated heterocycles. The molecule has 6 nitrogen and oxygen atoms in total. The molecule has 2 N–H and O–H groups in total. The van der Waals surface area contributed by atoms with Crippen LogP contribution in [0.3, 0.4) is 0 Å². The van der Waals surface area contributed by atoms with Crippen molar-refractivity contribution in [3.63, 3.8) is 0 Å². The monoisotopic (exact) mass is 349 g/mol. The molecule has 1 aromatic carbocycles. The number of aryl methyl sites for hydroxylation is 1. The molecular weight excluding hydrogens is 326 g/mol. The Morgan fingerprint density at radius 2 is 2.17 bits per heavy atom. The van der Waals surface area contributed by atoms with Gasteiger partial charge in [-0.25, -0.2) is 4.98 Å². The molecule has 1 amide bonds. The van der Waals surface area contributed by atoms with Crippen molar-refractivity contribution < 1.29 is 4.79 Å². The molecule has 0 spiro atoms. The molecule has 130 valence electrons. The smallest absolute Gasteiger partial charge is 0.225 e. The van der Waals surface area contributed by atoms with Gasteiger partial charge >= 0.3 is 0 Å². The molecule has 1 fully saturated rings. The van der Waals surface area contributed by atoms with E-state index >= 15 is 0 Å². The summed E-state index contributed by atoms with van der Waals surface area (Å²) in [5, 5.41) is 6.35. The third-order valence-corrected chi connectivity index (χ3v) is 4.19. The van der Waals surface area contributed by atoms with E-state index < -0.39 is 0 Å². The highest BCUT2D eigenvalue weighted by molar-refractivity contribution is 5.90. The van der Waals surface area contributed by atoms with Gasteiger partial charge in [0.15, 0.2) is 0 Å². The summed E-state index contributed by atoms with van der Waals surface area (Å²) in [6, 6.07) is 9.80. The fourth-order valence-electron chi connectivity index (χ4n) is 2.96. The lowest BCUT2D eigenvalue weighted by Gasteiger charge is -2.35. The summed E-state index contributed by atoms with van der Waals surface area (Å²) >= 11 is 0. The Morgan fingerprint density at radius 1 is 1.38 bits per heavy atom. The first-order valence-corrected chi connectivity index (χ1v) is 8.01. The zero-order chi connectivity index (χ0) is 16.1. The van der Waals surface area contributed by atoms with Crippen LogP contribution in [0.25, 0.3) is 0 Å². The van der Waals surface area contributed by atoms with E-state index in [-0.39, 0.29) is 24.4 Å². The van der Waals surface area contributed by atoms with Gasteiger partial charge in [-0.2, -0.15) is 0 Å². The molecule has 1 atom stereocenters. The minimum atomic E-state index is 0. The summed E-state index contributed by atoms with van der Waals surface area (Å²) in [7, 11) is 2.01. The van der Waals surface area contributed by atoms with E-state index in [1.165, 1.54) is 0 Å². The van der Waals surface area contributed by atoms with Gasteiger partial charge in [0.2, 0.25) is 5.91 Å². The highest BCUT2D eigenvalue weighted by atomic mass is 35.5. The lowest BCUT2D eigenvalue weighted by molar-refractivity contribution is -0.116. The number of para-hydroxylation sites is 1. The van der Waals surface area contributed by atoms with E-state index in [9.17, 15) is 4.79 Å². The summed E-state index contributed by atoms with van der Waals surface area (Å²) in [5.74, 6) is 1.09. The van der Waals surface area contributed by atoms with E-state index in [0.717, 1.165) is 37.7 Å². The van der Waals surface area contributed by atoms with Crippen LogP contribution in [0.2, 0.25) is 0 Å². The Hall–Kier alpha value is -1.89. The highest BCUT2D eigenvalue weighted by Gasteiger charge is 2.26. The quantitative estimate of drug-likeness (QED) is 0.864. The normalized spacial score (nSPS) is 18.0. The van der Waals surface area contributed by atoms with Gasteiger partial charge in [-0.3, -0.25) is 9.69 Å². The van der Waals surface area contributed by atoms with Crippen molar-refractivity contribution in [3.8, 4) is 0 Å². The fraction of sp³-hybridized carbons (Fsp3) is 0.412. The van der Waals surface area contributed by atoms with Crippen molar-refractivity contribution in [1.29, 1.82) is 0 Å². The van der Waals surface area contributed by atoms with Crippen molar-refractivity contribution in [3.05, 3.63) is 48.5 Å². The molecule has 1 aromatic heterocycles. The highest BCUT2D eigenvalue weighted by Crippen LogP contribution is 2.20. The molecule has 24 heavy (non-hydrogen) atoms. The second kappa shape index (κ2) is 8.82. The number of aromatic nitrogens is 2. The van der Waals surface area contributed by atoms with Gasteiger partial charge in [0, 0.05) is 57.7 Å². The van der Waals surface area contributed by atoms with Crippen LogP contribution in [-0.2, 0) is 11.8 Å². The van der Waals surface area contributed by atoms with Crippen LogP contribution in [0.5, 0.6) is 0 Å². The van der Waals surface area contributed by atoms with E-state index in [2.05, 4.69) is 25.1 Å². The molecule has 1 aliphatic rings. The van der Waals surface area contributed by atoms with Gasteiger partial charge in [-0.05, 0) is 12.1 Å². The predicted octanol–water partition coefficient (Wildman–Crippen LogP) is 1.82. The first-order valence-electron chi connectivity index (χ1n) is 8.01. The Bertz CT molecular complexity index is 645. The number of rotatable bonds is 5. The van der Waals surface area contributed by atoms with Crippen molar-refractivity contribution >= 4 is 24.0 Å². The SMILES string of the molecule is Cl.Cn1ccnc1C1CNCCN1CCC(=O)Nc1ccccc1. The molecule has 1 unspecified atom stereocenters. The lowest BCUT2D eigenvalue weighted by atomic mass is 10.1. The average Bonchev–Trinajstić information content (AvgIpc) is 3.00. The first-order chi connectivity index (χ1) is 11.2. The van der Waals surface area contributed by atoms with Crippen molar-refractivity contribution in [2.24, 2.45) is 7.05 Å². The number of piperazine rings is 1. The number of hydrogen-bond acceptors (Lipinski definition) is 4. The number of carbonyl (C=O) groups excluding carboxylic acids is 1. The minimum absolute atomic E-state index is 0. The predicted molar refractivity (Wildman–Crippen MR) is 97.3 cm³/mol. The van der Waals surface area contributed by atoms with Gasteiger partial charge in [0.05, 0.1) is 6.04 Å². The Balaban J connectivity index is 0.00000208. The number of nitrogens with zero attached hydrogens (tertiary/aromatic N) is 3. The largest absolute Gasteiger partial charge is 0.337 e. The van der Waals surface area contributed by atoms with Crippen LogP contribution < -0.4 is 10.6 Å². The van der Waals surface area contributed by atoms with Gasteiger partial charge in [0.25, 0.3) is 0 Å². The number of hydrogen-bond donors (Lipinski definition) is 2. The van der Waals surface area contributed by atoms with Gasteiger partial charge in [-0.1, -0.05) is 18.2 Å². The van der Waals surface area contributed by atoms with Crippen LogP contribution in [0, 0.1) is 0 Å². The summed E-state index contributed by atoms with van der Waals surface area (Å²) in [4.78, 5) is 18.9. The van der Waals surface area contributed by atoms with Gasteiger partial charge < -0.3 is 15.2 Å². The van der Waals surface area contributed by atoms with Crippen molar-refractivity contribution in [2.45, 2.75) is 12.5 Å². The Kier molecular flexibility index (Phi) is 6.78. The second-order valence-electron chi connectivity index (χ2n) is 5.82. The third kappa shape index (κ3) is 4.56. The Morgan fingerprint density at radius 3 is 2.88 bits per heavy atom. The summed E-state index contributed by atoms with van der Waals surface area (Å²) in [5.41, 5.74) is 0.846. The number of carbonyl (C=O) groups is 1. The molecule has 0 radical (unpaired) electrons. The number of imidazole rings is 1. The zero-order valence-corrected chi connectivity index (χ0v) is 14.6. The first kappa shape index (κ1) is 18.4. The minimum Gasteiger partial charge on any atom is -0.337 e. The van der Waals surface area contributed by atoms with E-state index in [1.807, 2.05) is 49.8 Å². The Labute approximate surface area is 148 Å². The third-order valence-electron chi connectivity index (χ3n) is 4.19. The molecule has 1 aliphatic heterocycles. The molecule has 2 heterocycles. The summed E-state index contributed by atoms with van der Waals surface area (Å²) in [6.45, 7) is 3.47. The van der Waals surface area contributed by atoms with E-state index in [4.69, 9.17) is 0 Å². The average molecular weight is 350 g/mol. The summed E-state index contributed by atoms with van der Waals surface area (Å²) < 4.78 is 2.05. The van der Waals surface area contributed by atoms with E-state index in [0.29, 0.717) is 6.42 Å². The number of benzene rings is 1. The number of amides is 1. The lowest BCUT2D eigenvalue weighted by Crippen LogP contribution is -2.47. The molecular formula is C17H24ClN5O. The van der Waals surface area contributed by atoms with Crippen LogP contribution in [0.15, 0.2) is 42.7 Å². The van der Waals surface area contributed by atoms with Crippen LogP contribution >= 0.6 is 12.4 Å². The van der Waals surface area contributed by atoms with E-state index in [1.54, 1.807) is 0 Å². The van der Waals surface area contributed by atoms with Gasteiger partial charge in [-0.15, -0.1) is 12.4 Å². The number of halogens is 1. The number of nitrogens with one attached hydrogen (secondary N) is 2. The van der Waals surface area contributed by atoms with Gasteiger partial charge in [0.1, 0.15) is 5.82 Å². The second-order valence-corrected chi connectivity index (χ2v) is 5.82. The van der Waals surface area contributed by atoms with Crippen LogP contribution in [0.4, 0.5) is 5.69 Å². The molecule has 7 heteroatoms. The topological polar surface area (TPSA) is 62.2 Å². The molecule has 0 saturated carbocycles.